The van der Waals surface area contributed by atoms with Crippen LogP contribution in [0.4, 0.5) is 5.69 Å². The molecule has 0 spiro atoms. The van der Waals surface area contributed by atoms with E-state index in [4.69, 9.17) is 0 Å². The Hall–Kier alpha value is -1.36. The normalized spacial score (nSPS) is 9.82. The van der Waals surface area contributed by atoms with Crippen molar-refractivity contribution in [2.75, 3.05) is 25.0 Å². The monoisotopic (exact) mass is 298 g/mol. The molecule has 0 saturated carbocycles. The van der Waals surface area contributed by atoms with Gasteiger partial charge < -0.3 is 10.2 Å². The first-order valence-corrected chi connectivity index (χ1v) is 6.12. The van der Waals surface area contributed by atoms with E-state index in [1.165, 1.54) is 0 Å². The van der Waals surface area contributed by atoms with Gasteiger partial charge in [-0.15, -0.1) is 0 Å². The second-order valence-corrected chi connectivity index (χ2v) is 4.42. The van der Waals surface area contributed by atoms with Crippen molar-refractivity contribution >= 4 is 33.8 Å². The average Bonchev–Trinajstić information content (AvgIpc) is 2.35. The molecule has 0 saturated heterocycles. The van der Waals surface area contributed by atoms with Crippen LogP contribution in [-0.2, 0) is 4.79 Å². The van der Waals surface area contributed by atoms with Gasteiger partial charge in [-0.05, 0) is 25.1 Å². The maximum atomic E-state index is 11.4. The zero-order chi connectivity index (χ0) is 12.8. The molecule has 0 heterocycles. The highest BCUT2D eigenvalue weighted by Crippen LogP contribution is 2.23. The summed E-state index contributed by atoms with van der Waals surface area (Å²) in [6, 6.07) is 5.43. The lowest BCUT2D eigenvalue weighted by molar-refractivity contribution is -0.119. The minimum Gasteiger partial charge on any atom is -0.362 e. The van der Waals surface area contributed by atoms with E-state index >= 15 is 0 Å². The third-order valence-electron chi connectivity index (χ3n) is 2.45. The predicted octanol–water partition coefficient (Wildman–Crippen LogP) is 1.83. The number of nitrogens with one attached hydrogen (secondary N) is 1. The SMILES string of the molecule is CCN(CC(=O)NC)c1ccc(Br)cc1C=O. The molecule has 0 fully saturated rings. The molecular weight excluding hydrogens is 284 g/mol. The van der Waals surface area contributed by atoms with Gasteiger partial charge in [0, 0.05) is 29.3 Å². The second-order valence-electron chi connectivity index (χ2n) is 3.51. The molecule has 0 unspecified atom stereocenters. The average molecular weight is 299 g/mol. The van der Waals surface area contributed by atoms with Gasteiger partial charge in [0.1, 0.15) is 0 Å². The lowest BCUT2D eigenvalue weighted by Gasteiger charge is -2.23. The van der Waals surface area contributed by atoms with Crippen molar-refractivity contribution in [3.63, 3.8) is 0 Å². The number of benzene rings is 1. The van der Waals surface area contributed by atoms with E-state index in [-0.39, 0.29) is 12.5 Å². The Balaban J connectivity index is 3.02. The summed E-state index contributed by atoms with van der Waals surface area (Å²) in [6.45, 7) is 2.85. The van der Waals surface area contributed by atoms with Crippen LogP contribution >= 0.6 is 15.9 Å². The number of aldehydes is 1. The molecule has 1 amide bonds. The van der Waals surface area contributed by atoms with Crippen LogP contribution in [0.25, 0.3) is 0 Å². The lowest BCUT2D eigenvalue weighted by atomic mass is 10.1. The van der Waals surface area contributed by atoms with E-state index in [1.54, 1.807) is 13.1 Å². The molecule has 5 heteroatoms. The van der Waals surface area contributed by atoms with Crippen LogP contribution < -0.4 is 10.2 Å². The van der Waals surface area contributed by atoms with E-state index in [0.29, 0.717) is 12.1 Å². The van der Waals surface area contributed by atoms with E-state index < -0.39 is 0 Å². The van der Waals surface area contributed by atoms with Crippen molar-refractivity contribution in [3.8, 4) is 0 Å². The predicted molar refractivity (Wildman–Crippen MR) is 71.5 cm³/mol. The highest BCUT2D eigenvalue weighted by atomic mass is 79.9. The summed E-state index contributed by atoms with van der Waals surface area (Å²) in [5.41, 5.74) is 1.35. The van der Waals surface area contributed by atoms with Gasteiger partial charge in [-0.1, -0.05) is 15.9 Å². The van der Waals surface area contributed by atoms with Gasteiger partial charge in [-0.3, -0.25) is 9.59 Å². The molecule has 4 nitrogen and oxygen atoms in total. The first-order valence-electron chi connectivity index (χ1n) is 5.32. The fraction of sp³-hybridized carbons (Fsp3) is 0.333. The third kappa shape index (κ3) is 3.56. The number of amides is 1. The molecule has 1 aromatic rings. The molecule has 0 aliphatic heterocycles. The summed E-state index contributed by atoms with van der Waals surface area (Å²) in [5.74, 6) is -0.0772. The Bertz CT molecular complexity index is 421. The molecule has 92 valence electrons. The van der Waals surface area contributed by atoms with Crippen molar-refractivity contribution in [1.82, 2.24) is 5.32 Å². The molecule has 0 aromatic heterocycles. The highest BCUT2D eigenvalue weighted by Gasteiger charge is 2.12. The fourth-order valence-electron chi connectivity index (χ4n) is 1.53. The van der Waals surface area contributed by atoms with Gasteiger partial charge in [0.05, 0.1) is 6.54 Å². The first kappa shape index (κ1) is 13.7. The van der Waals surface area contributed by atoms with E-state index in [9.17, 15) is 9.59 Å². The second kappa shape index (κ2) is 6.39. The molecular formula is C12H15BrN2O2. The van der Waals surface area contributed by atoms with Crippen LogP contribution in [0, 0.1) is 0 Å². The van der Waals surface area contributed by atoms with Crippen LogP contribution in [0.2, 0.25) is 0 Å². The summed E-state index contributed by atoms with van der Waals surface area (Å²) < 4.78 is 0.847. The van der Waals surface area contributed by atoms with Crippen LogP contribution in [0.15, 0.2) is 22.7 Å². The molecule has 1 N–H and O–H groups in total. The van der Waals surface area contributed by atoms with Gasteiger partial charge in [-0.25, -0.2) is 0 Å². The number of nitrogens with zero attached hydrogens (tertiary/aromatic N) is 1. The number of anilines is 1. The zero-order valence-corrected chi connectivity index (χ0v) is 11.5. The third-order valence-corrected chi connectivity index (χ3v) is 2.95. The Labute approximate surface area is 109 Å². The first-order chi connectivity index (χ1) is 8.12. The summed E-state index contributed by atoms with van der Waals surface area (Å²) >= 11 is 3.32. The van der Waals surface area contributed by atoms with E-state index in [0.717, 1.165) is 16.4 Å². The molecule has 0 atom stereocenters. The maximum Gasteiger partial charge on any atom is 0.239 e. The summed E-state index contributed by atoms with van der Waals surface area (Å²) in [5, 5.41) is 2.57. The maximum absolute atomic E-state index is 11.4. The summed E-state index contributed by atoms with van der Waals surface area (Å²) in [6.07, 6.45) is 0.798. The number of rotatable bonds is 5. The molecule has 1 rings (SSSR count). The van der Waals surface area contributed by atoms with Crippen LogP contribution in [0.1, 0.15) is 17.3 Å². The van der Waals surface area contributed by atoms with Crippen molar-refractivity contribution in [2.45, 2.75) is 6.92 Å². The van der Waals surface area contributed by atoms with Crippen molar-refractivity contribution < 1.29 is 9.59 Å². The molecule has 0 bridgehead atoms. The van der Waals surface area contributed by atoms with Crippen LogP contribution in [0.3, 0.4) is 0 Å². The largest absolute Gasteiger partial charge is 0.362 e. The number of hydrogen-bond donors (Lipinski definition) is 1. The molecule has 0 radical (unpaired) electrons. The lowest BCUT2D eigenvalue weighted by Crippen LogP contribution is -2.36. The standard InChI is InChI=1S/C12H15BrN2O2/c1-3-15(7-12(17)14-2)11-5-4-10(13)6-9(11)8-16/h4-6,8H,3,7H2,1-2H3,(H,14,17). The molecule has 0 aliphatic rings. The number of carbonyl (C=O) groups excluding carboxylic acids is 2. The van der Waals surface area contributed by atoms with Gasteiger partial charge >= 0.3 is 0 Å². The summed E-state index contributed by atoms with van der Waals surface area (Å²) in [7, 11) is 1.60. The molecule has 0 aliphatic carbocycles. The number of halogens is 1. The van der Waals surface area contributed by atoms with Gasteiger partial charge in [0.15, 0.2) is 6.29 Å². The minimum absolute atomic E-state index is 0.0772. The van der Waals surface area contributed by atoms with Gasteiger partial charge in [0.2, 0.25) is 5.91 Å². The quantitative estimate of drug-likeness (QED) is 0.844. The summed E-state index contributed by atoms with van der Waals surface area (Å²) in [4.78, 5) is 24.2. The van der Waals surface area contributed by atoms with Crippen molar-refractivity contribution in [3.05, 3.63) is 28.2 Å². The fourth-order valence-corrected chi connectivity index (χ4v) is 1.91. The Morgan fingerprint density at radius 2 is 2.24 bits per heavy atom. The number of carbonyl (C=O) groups is 2. The number of hydrogen-bond acceptors (Lipinski definition) is 3. The smallest absolute Gasteiger partial charge is 0.239 e. The van der Waals surface area contributed by atoms with E-state index in [2.05, 4.69) is 21.2 Å². The van der Waals surface area contributed by atoms with Crippen LogP contribution in [-0.4, -0.2) is 32.3 Å². The Morgan fingerprint density at radius 3 is 2.76 bits per heavy atom. The highest BCUT2D eigenvalue weighted by molar-refractivity contribution is 9.10. The minimum atomic E-state index is -0.0772. The number of likely N-dealkylation sites (N-methyl/N-ethyl adjacent to an activating group) is 2. The molecule has 1 aromatic carbocycles. The van der Waals surface area contributed by atoms with E-state index in [1.807, 2.05) is 24.0 Å². The zero-order valence-electron chi connectivity index (χ0n) is 9.87. The topological polar surface area (TPSA) is 49.4 Å². The van der Waals surface area contributed by atoms with Crippen LogP contribution in [0.5, 0.6) is 0 Å². The Kier molecular flexibility index (Phi) is 5.15. The van der Waals surface area contributed by atoms with Crippen molar-refractivity contribution in [1.29, 1.82) is 0 Å². The Morgan fingerprint density at radius 1 is 1.53 bits per heavy atom. The van der Waals surface area contributed by atoms with Crippen molar-refractivity contribution in [2.24, 2.45) is 0 Å². The van der Waals surface area contributed by atoms with Gasteiger partial charge in [-0.2, -0.15) is 0 Å². The van der Waals surface area contributed by atoms with Gasteiger partial charge in [0.25, 0.3) is 0 Å². The molecule has 17 heavy (non-hydrogen) atoms.